The van der Waals surface area contributed by atoms with Crippen molar-refractivity contribution in [3.05, 3.63) is 90.0 Å². The molecule has 0 fully saturated rings. The molecule has 0 saturated heterocycles. The highest BCUT2D eigenvalue weighted by Gasteiger charge is 2.11. The Bertz CT molecular complexity index is 840. The van der Waals surface area contributed by atoms with E-state index in [1.165, 1.54) is 12.5 Å². The topological polar surface area (TPSA) is 29.5 Å². The van der Waals surface area contributed by atoms with Crippen LogP contribution in [0.15, 0.2) is 78.9 Å². The number of hydrogen-bond donors (Lipinski definition) is 0. The Kier molecular flexibility index (Phi) is 5.69. The third-order valence-electron chi connectivity index (χ3n) is 4.20. The standard InChI is InChI=1S/C23H23NO2/c1-18-8-12-22(13-9-18)24(21-6-4-3-5-7-21)23-14-10-20(11-15-23)16-17-26-19(2)25/h3-15H,16-17H2,1-2H3. The van der Waals surface area contributed by atoms with Gasteiger partial charge in [0.1, 0.15) is 0 Å². The lowest BCUT2D eigenvalue weighted by Gasteiger charge is -2.25. The van der Waals surface area contributed by atoms with E-state index < -0.39 is 0 Å². The Morgan fingerprint density at radius 2 is 1.35 bits per heavy atom. The zero-order valence-corrected chi connectivity index (χ0v) is 15.2. The van der Waals surface area contributed by atoms with Gasteiger partial charge in [0, 0.05) is 30.4 Å². The van der Waals surface area contributed by atoms with Gasteiger partial charge in [-0.1, -0.05) is 48.0 Å². The highest BCUT2D eigenvalue weighted by Crippen LogP contribution is 2.34. The molecule has 0 amide bonds. The molecular weight excluding hydrogens is 322 g/mol. The second kappa shape index (κ2) is 8.34. The molecule has 0 aliphatic rings. The van der Waals surface area contributed by atoms with Crippen molar-refractivity contribution in [1.29, 1.82) is 0 Å². The summed E-state index contributed by atoms with van der Waals surface area (Å²) >= 11 is 0. The largest absolute Gasteiger partial charge is 0.466 e. The first-order chi connectivity index (χ1) is 12.6. The minimum absolute atomic E-state index is 0.240. The van der Waals surface area contributed by atoms with Crippen molar-refractivity contribution in [2.24, 2.45) is 0 Å². The van der Waals surface area contributed by atoms with Crippen LogP contribution in [0.3, 0.4) is 0 Å². The summed E-state index contributed by atoms with van der Waals surface area (Å²) in [6.07, 6.45) is 0.718. The molecule has 0 N–H and O–H groups in total. The van der Waals surface area contributed by atoms with Crippen molar-refractivity contribution in [2.75, 3.05) is 11.5 Å². The van der Waals surface area contributed by atoms with E-state index in [0.717, 1.165) is 29.0 Å². The van der Waals surface area contributed by atoms with Crippen molar-refractivity contribution in [3.8, 4) is 0 Å². The molecule has 3 nitrogen and oxygen atoms in total. The molecule has 3 heteroatoms. The zero-order valence-electron chi connectivity index (χ0n) is 15.2. The number of nitrogens with zero attached hydrogens (tertiary/aromatic N) is 1. The Hall–Kier alpha value is -3.07. The third-order valence-corrected chi connectivity index (χ3v) is 4.20. The van der Waals surface area contributed by atoms with E-state index in [-0.39, 0.29) is 5.97 Å². The Balaban J connectivity index is 1.87. The summed E-state index contributed by atoms with van der Waals surface area (Å²) in [5.74, 6) is -0.240. The molecule has 0 unspecified atom stereocenters. The average Bonchev–Trinajstić information content (AvgIpc) is 2.65. The van der Waals surface area contributed by atoms with Gasteiger partial charge < -0.3 is 9.64 Å². The fourth-order valence-corrected chi connectivity index (χ4v) is 2.84. The van der Waals surface area contributed by atoms with Crippen LogP contribution in [0.1, 0.15) is 18.1 Å². The number of benzene rings is 3. The molecule has 3 aromatic rings. The van der Waals surface area contributed by atoms with Crippen molar-refractivity contribution >= 4 is 23.0 Å². The molecule has 3 aromatic carbocycles. The van der Waals surface area contributed by atoms with Crippen molar-refractivity contribution in [2.45, 2.75) is 20.3 Å². The highest BCUT2D eigenvalue weighted by molar-refractivity contribution is 5.76. The van der Waals surface area contributed by atoms with Crippen molar-refractivity contribution < 1.29 is 9.53 Å². The van der Waals surface area contributed by atoms with Gasteiger partial charge >= 0.3 is 5.97 Å². The van der Waals surface area contributed by atoms with Crippen molar-refractivity contribution in [1.82, 2.24) is 0 Å². The molecule has 132 valence electrons. The number of esters is 1. The van der Waals surface area contributed by atoms with Gasteiger partial charge in [-0.15, -0.1) is 0 Å². The van der Waals surface area contributed by atoms with Crippen LogP contribution >= 0.6 is 0 Å². The lowest BCUT2D eigenvalue weighted by Crippen LogP contribution is -2.10. The molecule has 0 radical (unpaired) electrons. The highest BCUT2D eigenvalue weighted by atomic mass is 16.5. The first-order valence-corrected chi connectivity index (χ1v) is 8.77. The first-order valence-electron chi connectivity index (χ1n) is 8.77. The maximum atomic E-state index is 10.9. The predicted octanol–water partition coefficient (Wildman–Crippen LogP) is 5.57. The number of carbonyl (C=O) groups is 1. The molecule has 0 aliphatic heterocycles. The Morgan fingerprint density at radius 3 is 1.92 bits per heavy atom. The monoisotopic (exact) mass is 345 g/mol. The maximum Gasteiger partial charge on any atom is 0.302 e. The molecular formula is C23H23NO2. The molecule has 0 bridgehead atoms. The summed E-state index contributed by atoms with van der Waals surface area (Å²) in [7, 11) is 0. The quantitative estimate of drug-likeness (QED) is 0.547. The number of ether oxygens (including phenoxy) is 1. The lowest BCUT2D eigenvalue weighted by molar-refractivity contribution is -0.140. The molecule has 0 heterocycles. The number of rotatable bonds is 6. The second-order valence-electron chi connectivity index (χ2n) is 6.26. The van der Waals surface area contributed by atoms with E-state index in [4.69, 9.17) is 4.74 Å². The van der Waals surface area contributed by atoms with Gasteiger partial charge in [-0.2, -0.15) is 0 Å². The normalized spacial score (nSPS) is 10.4. The third kappa shape index (κ3) is 4.51. The van der Waals surface area contributed by atoms with Crippen molar-refractivity contribution in [3.63, 3.8) is 0 Å². The van der Waals surface area contributed by atoms with Crippen LogP contribution in [-0.4, -0.2) is 12.6 Å². The SMILES string of the molecule is CC(=O)OCCc1ccc(N(c2ccccc2)c2ccc(C)cc2)cc1. The van der Waals surface area contributed by atoms with Gasteiger partial charge in [0.2, 0.25) is 0 Å². The van der Waals surface area contributed by atoms with Crippen LogP contribution in [0.2, 0.25) is 0 Å². The Labute approximate surface area is 154 Å². The lowest BCUT2D eigenvalue weighted by atomic mass is 10.1. The second-order valence-corrected chi connectivity index (χ2v) is 6.26. The fourth-order valence-electron chi connectivity index (χ4n) is 2.84. The zero-order chi connectivity index (χ0) is 18.4. The van der Waals surface area contributed by atoms with Gasteiger partial charge in [-0.05, 0) is 48.9 Å². The van der Waals surface area contributed by atoms with Crippen LogP contribution in [0.4, 0.5) is 17.1 Å². The van der Waals surface area contributed by atoms with E-state index in [1.807, 2.05) is 18.2 Å². The minimum atomic E-state index is -0.240. The number of para-hydroxylation sites is 1. The van der Waals surface area contributed by atoms with E-state index >= 15 is 0 Å². The number of anilines is 3. The van der Waals surface area contributed by atoms with E-state index in [2.05, 4.69) is 72.5 Å². The van der Waals surface area contributed by atoms with Gasteiger partial charge in [0.05, 0.1) is 6.61 Å². The summed E-state index contributed by atoms with van der Waals surface area (Å²) in [4.78, 5) is 13.1. The molecule has 0 atom stereocenters. The number of carbonyl (C=O) groups excluding carboxylic acids is 1. The van der Waals surface area contributed by atoms with E-state index in [1.54, 1.807) is 0 Å². The van der Waals surface area contributed by atoms with E-state index in [0.29, 0.717) is 6.61 Å². The van der Waals surface area contributed by atoms with Gasteiger partial charge in [-0.25, -0.2) is 0 Å². The van der Waals surface area contributed by atoms with Crippen LogP contribution in [0.25, 0.3) is 0 Å². The first kappa shape index (κ1) is 17.7. The van der Waals surface area contributed by atoms with E-state index in [9.17, 15) is 4.79 Å². The fraction of sp³-hybridized carbons (Fsp3) is 0.174. The maximum absolute atomic E-state index is 10.9. The number of aryl methyl sites for hydroxylation is 1. The predicted molar refractivity (Wildman–Crippen MR) is 106 cm³/mol. The Morgan fingerprint density at radius 1 is 0.808 bits per heavy atom. The molecule has 3 rings (SSSR count). The molecule has 0 aliphatic carbocycles. The minimum Gasteiger partial charge on any atom is -0.466 e. The van der Waals surface area contributed by atoms with Crippen LogP contribution in [0.5, 0.6) is 0 Å². The van der Waals surface area contributed by atoms with Crippen LogP contribution in [0, 0.1) is 6.92 Å². The molecule has 0 spiro atoms. The summed E-state index contributed by atoms with van der Waals surface area (Å²) in [6, 6.07) is 27.2. The summed E-state index contributed by atoms with van der Waals surface area (Å²) in [5, 5.41) is 0. The number of hydrogen-bond acceptors (Lipinski definition) is 3. The van der Waals surface area contributed by atoms with Gasteiger partial charge in [-0.3, -0.25) is 4.79 Å². The summed E-state index contributed by atoms with van der Waals surface area (Å²) < 4.78 is 5.02. The summed E-state index contributed by atoms with van der Waals surface area (Å²) in [6.45, 7) is 3.94. The smallest absolute Gasteiger partial charge is 0.302 e. The summed E-state index contributed by atoms with van der Waals surface area (Å²) in [5.41, 5.74) is 5.71. The van der Waals surface area contributed by atoms with Gasteiger partial charge in [0.25, 0.3) is 0 Å². The molecule has 26 heavy (non-hydrogen) atoms. The molecule has 0 aromatic heterocycles. The van der Waals surface area contributed by atoms with Gasteiger partial charge in [0.15, 0.2) is 0 Å². The molecule has 0 saturated carbocycles. The van der Waals surface area contributed by atoms with Crippen LogP contribution in [-0.2, 0) is 16.0 Å². The van der Waals surface area contributed by atoms with Crippen LogP contribution < -0.4 is 4.90 Å². The average molecular weight is 345 g/mol.